The molecular weight excluding hydrogens is 316 g/mol. The highest BCUT2D eigenvalue weighted by molar-refractivity contribution is 5.74. The number of amides is 1. The fraction of sp³-hybridized carbons (Fsp3) is 0.105. The van der Waals surface area contributed by atoms with Crippen molar-refractivity contribution in [2.24, 2.45) is 0 Å². The van der Waals surface area contributed by atoms with Gasteiger partial charge in [0.25, 0.3) is 0 Å². The van der Waals surface area contributed by atoms with E-state index in [-0.39, 0.29) is 0 Å². The predicted molar refractivity (Wildman–Crippen MR) is 94.1 cm³/mol. The molecule has 0 aliphatic carbocycles. The number of hydrogen-bond acceptors (Lipinski definition) is 5. The lowest BCUT2D eigenvalue weighted by Gasteiger charge is -2.19. The van der Waals surface area contributed by atoms with Crippen LogP contribution in [0.15, 0.2) is 67.0 Å². The van der Waals surface area contributed by atoms with Crippen LogP contribution in [0.4, 0.5) is 10.5 Å². The fourth-order valence-corrected chi connectivity index (χ4v) is 2.80. The summed E-state index contributed by atoms with van der Waals surface area (Å²) in [6.07, 6.45) is 3.32. The first-order valence-corrected chi connectivity index (χ1v) is 8.01. The first-order valence-electron chi connectivity index (χ1n) is 8.01. The smallest absolute Gasteiger partial charge is 0.406 e. The molecule has 1 aliphatic rings. The second-order valence-electron chi connectivity index (χ2n) is 5.64. The van der Waals surface area contributed by atoms with Gasteiger partial charge in [-0.1, -0.05) is 48.5 Å². The molecule has 0 fully saturated rings. The minimum atomic E-state index is -0.562. The van der Waals surface area contributed by atoms with E-state index >= 15 is 0 Å². The average molecular weight is 332 g/mol. The van der Waals surface area contributed by atoms with Crippen LogP contribution in [0, 0.1) is 0 Å². The molecule has 124 valence electrons. The number of anilines is 1. The number of carbonyl (C=O) groups excluding carboxylic acids is 1. The van der Waals surface area contributed by atoms with E-state index in [0.717, 1.165) is 24.2 Å². The van der Waals surface area contributed by atoms with E-state index < -0.39 is 6.09 Å². The summed E-state index contributed by atoms with van der Waals surface area (Å²) in [4.78, 5) is 20.6. The molecule has 1 aromatic heterocycles. The molecule has 0 radical (unpaired) electrons. The first kappa shape index (κ1) is 15.1. The van der Waals surface area contributed by atoms with E-state index in [0.29, 0.717) is 11.6 Å². The van der Waals surface area contributed by atoms with E-state index in [4.69, 9.17) is 4.74 Å². The topological polar surface area (TPSA) is 67.4 Å². The minimum absolute atomic E-state index is 0.296. The van der Waals surface area contributed by atoms with Gasteiger partial charge in [-0.3, -0.25) is 5.01 Å². The first-order chi connectivity index (χ1) is 12.3. The van der Waals surface area contributed by atoms with Crippen LogP contribution >= 0.6 is 0 Å². The Morgan fingerprint density at radius 1 is 1.00 bits per heavy atom. The van der Waals surface area contributed by atoms with Gasteiger partial charge < -0.3 is 4.74 Å². The van der Waals surface area contributed by atoms with Crippen molar-refractivity contribution in [2.75, 3.05) is 11.6 Å². The Morgan fingerprint density at radius 3 is 2.52 bits per heavy atom. The maximum Gasteiger partial charge on any atom is 0.431 e. The van der Waals surface area contributed by atoms with Gasteiger partial charge in [-0.25, -0.2) is 20.2 Å². The van der Waals surface area contributed by atoms with Gasteiger partial charge >= 0.3 is 6.09 Å². The summed E-state index contributed by atoms with van der Waals surface area (Å²) < 4.78 is 5.27. The zero-order chi connectivity index (χ0) is 17.1. The quantitative estimate of drug-likeness (QED) is 0.798. The standard InChI is InChI=1S/C19H16N4O2/c24-19(22-23-11-10-14-6-4-5-9-17(14)23)25-16-12-20-18(21-13-16)15-7-2-1-3-8-15/h1-9,12-13H,10-11H2,(H,22,24). The van der Waals surface area contributed by atoms with E-state index in [1.54, 1.807) is 5.01 Å². The van der Waals surface area contributed by atoms with Crippen LogP contribution in [0.5, 0.6) is 5.75 Å². The second-order valence-corrected chi connectivity index (χ2v) is 5.64. The van der Waals surface area contributed by atoms with Gasteiger partial charge in [0.1, 0.15) is 0 Å². The molecule has 25 heavy (non-hydrogen) atoms. The van der Waals surface area contributed by atoms with E-state index in [1.165, 1.54) is 18.0 Å². The number of ether oxygens (including phenoxy) is 1. The lowest BCUT2D eigenvalue weighted by Crippen LogP contribution is -2.42. The number of carbonyl (C=O) groups is 1. The fourth-order valence-electron chi connectivity index (χ4n) is 2.80. The predicted octanol–water partition coefficient (Wildman–Crippen LogP) is 3.21. The van der Waals surface area contributed by atoms with Crippen LogP contribution in [0.3, 0.4) is 0 Å². The van der Waals surface area contributed by atoms with Crippen LogP contribution in [-0.2, 0) is 6.42 Å². The van der Waals surface area contributed by atoms with Crippen LogP contribution in [0.2, 0.25) is 0 Å². The monoisotopic (exact) mass is 332 g/mol. The van der Waals surface area contributed by atoms with E-state index in [1.807, 2.05) is 48.5 Å². The zero-order valence-corrected chi connectivity index (χ0v) is 13.4. The molecule has 0 atom stereocenters. The highest BCUT2D eigenvalue weighted by atomic mass is 16.6. The van der Waals surface area contributed by atoms with Crippen molar-refractivity contribution < 1.29 is 9.53 Å². The number of benzene rings is 2. The molecule has 0 saturated heterocycles. The summed E-state index contributed by atoms with van der Waals surface area (Å²) in [5.41, 5.74) is 5.86. The van der Waals surface area contributed by atoms with Gasteiger partial charge in [-0.05, 0) is 18.1 Å². The Morgan fingerprint density at radius 2 is 1.72 bits per heavy atom. The number of hydrogen-bond donors (Lipinski definition) is 1. The van der Waals surface area contributed by atoms with Gasteiger partial charge in [-0.15, -0.1) is 0 Å². The Labute approximate surface area is 145 Å². The van der Waals surface area contributed by atoms with E-state index in [9.17, 15) is 4.79 Å². The lowest BCUT2D eigenvalue weighted by atomic mass is 10.2. The van der Waals surface area contributed by atoms with Crippen molar-refractivity contribution in [3.05, 3.63) is 72.6 Å². The minimum Gasteiger partial charge on any atom is -0.406 e. The summed E-state index contributed by atoms with van der Waals surface area (Å²) in [6.45, 7) is 0.720. The number of hydrazine groups is 1. The molecule has 0 saturated carbocycles. The van der Waals surface area contributed by atoms with Gasteiger partial charge in [-0.2, -0.15) is 0 Å². The number of aromatic nitrogens is 2. The molecule has 1 N–H and O–H groups in total. The third-order valence-corrected chi connectivity index (χ3v) is 3.98. The van der Waals surface area contributed by atoms with Crippen molar-refractivity contribution in [2.45, 2.75) is 6.42 Å². The molecule has 6 nitrogen and oxygen atoms in total. The zero-order valence-electron chi connectivity index (χ0n) is 13.4. The number of fused-ring (bicyclic) bond motifs is 1. The molecule has 2 aromatic carbocycles. The number of nitrogens with one attached hydrogen (secondary N) is 1. The average Bonchev–Trinajstić information content (AvgIpc) is 3.06. The molecule has 0 spiro atoms. The maximum absolute atomic E-state index is 12.1. The van der Waals surface area contributed by atoms with Crippen LogP contribution in [0.1, 0.15) is 5.56 Å². The summed E-state index contributed by atoms with van der Waals surface area (Å²) >= 11 is 0. The molecule has 0 unspecified atom stereocenters. The Hall–Kier alpha value is -3.41. The molecule has 3 aromatic rings. The van der Waals surface area contributed by atoms with E-state index in [2.05, 4.69) is 21.5 Å². The molecule has 2 heterocycles. The number of nitrogens with zero attached hydrogens (tertiary/aromatic N) is 3. The molecular formula is C19H16N4O2. The van der Waals surface area contributed by atoms with Crippen LogP contribution in [0.25, 0.3) is 11.4 Å². The summed E-state index contributed by atoms with van der Waals surface area (Å²) in [5.74, 6) is 0.881. The molecule has 4 rings (SSSR count). The molecule has 1 amide bonds. The van der Waals surface area contributed by atoms with Crippen molar-refractivity contribution in [1.82, 2.24) is 15.4 Å². The SMILES string of the molecule is O=C(NN1CCc2ccccc21)Oc1cnc(-c2ccccc2)nc1. The van der Waals surface area contributed by atoms with Crippen molar-refractivity contribution in [1.29, 1.82) is 0 Å². The summed E-state index contributed by atoms with van der Waals surface area (Å²) in [5, 5.41) is 1.79. The molecule has 0 bridgehead atoms. The highest BCUT2D eigenvalue weighted by Gasteiger charge is 2.20. The van der Waals surface area contributed by atoms with Crippen molar-refractivity contribution in [3.63, 3.8) is 0 Å². The summed E-state index contributed by atoms with van der Waals surface area (Å²) in [6, 6.07) is 17.6. The van der Waals surface area contributed by atoms with Crippen LogP contribution in [-0.4, -0.2) is 22.6 Å². The van der Waals surface area contributed by atoms with Gasteiger partial charge in [0, 0.05) is 12.1 Å². The van der Waals surface area contributed by atoms with Gasteiger partial charge in [0.15, 0.2) is 11.6 Å². The second kappa shape index (κ2) is 6.60. The molecule has 6 heteroatoms. The Kier molecular flexibility index (Phi) is 4.00. The lowest BCUT2D eigenvalue weighted by molar-refractivity contribution is 0.199. The number of para-hydroxylation sites is 1. The maximum atomic E-state index is 12.1. The summed E-state index contributed by atoms with van der Waals surface area (Å²) in [7, 11) is 0. The highest BCUT2D eigenvalue weighted by Crippen LogP contribution is 2.25. The van der Waals surface area contributed by atoms with Crippen molar-refractivity contribution >= 4 is 11.8 Å². The van der Waals surface area contributed by atoms with Gasteiger partial charge in [0.2, 0.25) is 0 Å². The molecule has 1 aliphatic heterocycles. The van der Waals surface area contributed by atoms with Crippen molar-refractivity contribution in [3.8, 4) is 17.1 Å². The Balaban J connectivity index is 1.40. The van der Waals surface area contributed by atoms with Gasteiger partial charge in [0.05, 0.1) is 18.1 Å². The number of rotatable bonds is 3. The van der Waals surface area contributed by atoms with Crippen LogP contribution < -0.4 is 15.2 Å². The normalized spacial score (nSPS) is 12.6. The third kappa shape index (κ3) is 3.28. The Bertz CT molecular complexity index is 881. The largest absolute Gasteiger partial charge is 0.431 e. The third-order valence-electron chi connectivity index (χ3n) is 3.98.